The molecular weight excluding hydrogens is 661 g/mol. The van der Waals surface area contributed by atoms with Gasteiger partial charge < -0.3 is 13.4 Å². The summed E-state index contributed by atoms with van der Waals surface area (Å²) < 4.78 is 17.6. The van der Waals surface area contributed by atoms with Gasteiger partial charge in [0, 0.05) is 43.7 Å². The highest BCUT2D eigenvalue weighted by Crippen LogP contribution is 2.42. The lowest BCUT2D eigenvalue weighted by atomic mass is 9.98. The molecule has 0 radical (unpaired) electrons. The topological polar surface area (TPSA) is 36.1 Å². The zero-order valence-electron chi connectivity index (χ0n) is 29.0. The van der Waals surface area contributed by atoms with Crippen LogP contribution in [0.1, 0.15) is 0 Å². The van der Waals surface area contributed by atoms with E-state index < -0.39 is 0 Å². The third kappa shape index (κ3) is 4.19. The number of furan rings is 2. The van der Waals surface area contributed by atoms with Gasteiger partial charge in [0.2, 0.25) is 5.71 Å². The number of aromatic nitrogens is 2. The van der Waals surface area contributed by atoms with Crippen molar-refractivity contribution in [2.45, 2.75) is 0 Å². The van der Waals surface area contributed by atoms with Crippen molar-refractivity contribution >= 4 is 76.7 Å². The van der Waals surface area contributed by atoms with Gasteiger partial charge in [0.15, 0.2) is 0 Å². The van der Waals surface area contributed by atoms with Gasteiger partial charge in [-0.15, -0.1) is 0 Å². The molecule has 0 unspecified atom stereocenters. The van der Waals surface area contributed by atoms with Crippen molar-refractivity contribution < 1.29 is 8.83 Å². The van der Waals surface area contributed by atoms with Crippen molar-refractivity contribution in [3.8, 4) is 33.6 Å². The lowest BCUT2D eigenvalue weighted by Gasteiger charge is -2.08. The molecule has 0 saturated heterocycles. The smallest absolute Gasteiger partial charge is 0.213 e. The Morgan fingerprint density at radius 3 is 1.37 bits per heavy atom. The van der Waals surface area contributed by atoms with Crippen LogP contribution in [0.5, 0.6) is 0 Å². The van der Waals surface area contributed by atoms with Crippen LogP contribution in [0.4, 0.5) is 0 Å². The Morgan fingerprint density at radius 1 is 0.296 bits per heavy atom. The molecule has 0 amide bonds. The number of para-hydroxylation sites is 4. The molecule has 0 N–H and O–H groups in total. The van der Waals surface area contributed by atoms with Gasteiger partial charge in [-0.05, 0) is 107 Å². The molecule has 0 atom stereocenters. The van der Waals surface area contributed by atoms with Crippen molar-refractivity contribution in [3.05, 3.63) is 182 Å². The summed E-state index contributed by atoms with van der Waals surface area (Å²) >= 11 is 0. The SMILES string of the molecule is c1ccc(-n2c3ccccc3c3cc(-c4ccc5oc6ccc(-c7ccc8oc9c(c8c7)c7ccccc7n9-c7ccccc7)cc6c5c4)ccc32)cc1. The summed E-state index contributed by atoms with van der Waals surface area (Å²) in [4.78, 5) is 0. The average molecular weight is 691 g/mol. The largest absolute Gasteiger partial charge is 0.456 e. The predicted octanol–water partition coefficient (Wildman–Crippen LogP) is 13.9. The highest BCUT2D eigenvalue weighted by Gasteiger charge is 2.20. The minimum atomic E-state index is 0.862. The summed E-state index contributed by atoms with van der Waals surface area (Å²) in [5.74, 6) is 0. The summed E-state index contributed by atoms with van der Waals surface area (Å²) in [5.41, 5.74) is 13.9. The highest BCUT2D eigenvalue weighted by atomic mass is 16.3. The van der Waals surface area contributed by atoms with E-state index >= 15 is 0 Å². The molecular formula is C50H30N2O2. The Balaban J connectivity index is 0.995. The molecule has 54 heavy (non-hydrogen) atoms. The number of nitrogens with zero attached hydrogens (tertiary/aromatic N) is 2. The summed E-state index contributed by atoms with van der Waals surface area (Å²) in [6, 6.07) is 64.8. The monoisotopic (exact) mass is 690 g/mol. The minimum absolute atomic E-state index is 0.862. The van der Waals surface area contributed by atoms with Crippen LogP contribution in [0, 0.1) is 0 Å². The normalized spacial score (nSPS) is 12.1. The Bertz CT molecular complexity index is 3430. The molecule has 0 fully saturated rings. The molecule has 4 heterocycles. The minimum Gasteiger partial charge on any atom is -0.456 e. The molecule has 4 heteroatoms. The van der Waals surface area contributed by atoms with Crippen molar-refractivity contribution in [2.24, 2.45) is 0 Å². The van der Waals surface area contributed by atoms with Gasteiger partial charge in [-0.2, -0.15) is 0 Å². The van der Waals surface area contributed by atoms with Crippen LogP contribution in [0.25, 0.3) is 110 Å². The van der Waals surface area contributed by atoms with Crippen LogP contribution in [0.3, 0.4) is 0 Å². The average Bonchev–Trinajstić information content (AvgIpc) is 3.97. The first-order valence-corrected chi connectivity index (χ1v) is 18.3. The summed E-state index contributed by atoms with van der Waals surface area (Å²) in [7, 11) is 0. The predicted molar refractivity (Wildman–Crippen MR) is 223 cm³/mol. The Labute approximate surface area is 309 Å². The number of rotatable bonds is 4. The second-order valence-electron chi connectivity index (χ2n) is 14.1. The molecule has 0 aliphatic heterocycles. The fraction of sp³-hybridized carbons (Fsp3) is 0. The quantitative estimate of drug-likeness (QED) is 0.184. The van der Waals surface area contributed by atoms with Gasteiger partial charge in [-0.1, -0.05) is 97.1 Å². The third-order valence-corrected chi connectivity index (χ3v) is 11.1. The summed E-state index contributed by atoms with van der Waals surface area (Å²) in [5, 5.41) is 8.11. The highest BCUT2D eigenvalue weighted by molar-refractivity contribution is 6.20. The number of hydrogen-bond acceptors (Lipinski definition) is 2. The second-order valence-corrected chi connectivity index (χ2v) is 14.1. The molecule has 8 aromatic carbocycles. The van der Waals surface area contributed by atoms with Crippen molar-refractivity contribution in [2.75, 3.05) is 0 Å². The molecule has 0 saturated carbocycles. The van der Waals surface area contributed by atoms with E-state index in [9.17, 15) is 0 Å². The van der Waals surface area contributed by atoms with E-state index in [0.29, 0.717) is 0 Å². The van der Waals surface area contributed by atoms with E-state index in [2.05, 4.69) is 185 Å². The second kappa shape index (κ2) is 11.1. The van der Waals surface area contributed by atoms with E-state index in [1.165, 1.54) is 32.8 Å². The van der Waals surface area contributed by atoms with Crippen molar-refractivity contribution in [1.82, 2.24) is 9.13 Å². The van der Waals surface area contributed by atoms with Gasteiger partial charge in [0.25, 0.3) is 0 Å². The van der Waals surface area contributed by atoms with Crippen LogP contribution in [-0.4, -0.2) is 9.13 Å². The maximum Gasteiger partial charge on any atom is 0.213 e. The van der Waals surface area contributed by atoms with E-state index in [1.54, 1.807) is 0 Å². The van der Waals surface area contributed by atoms with Crippen LogP contribution in [-0.2, 0) is 0 Å². The van der Waals surface area contributed by atoms with Crippen LogP contribution in [0.15, 0.2) is 191 Å². The molecule has 0 spiro atoms. The Morgan fingerprint density at radius 2 is 0.741 bits per heavy atom. The van der Waals surface area contributed by atoms with Gasteiger partial charge in [0.1, 0.15) is 16.7 Å². The summed E-state index contributed by atoms with van der Waals surface area (Å²) in [6.45, 7) is 0. The van der Waals surface area contributed by atoms with E-state index in [-0.39, 0.29) is 0 Å². The standard InChI is InChI=1S/C50H30N2O2/c1-3-11-35(12-4-1)51-43-17-9-7-15-37(43)39-27-31(19-23-45(39)51)32-20-24-46-40(28-32)41-29-33(21-25-47(41)53-46)34-22-26-48-42(30-34)49-38-16-8-10-18-44(38)52(50(49)54-48)36-13-5-2-6-14-36/h1-30H. The summed E-state index contributed by atoms with van der Waals surface area (Å²) in [6.07, 6.45) is 0. The zero-order chi connectivity index (χ0) is 35.3. The number of benzene rings is 8. The van der Waals surface area contributed by atoms with Crippen LogP contribution < -0.4 is 0 Å². The van der Waals surface area contributed by atoms with Crippen LogP contribution >= 0.6 is 0 Å². The van der Waals surface area contributed by atoms with Gasteiger partial charge in [-0.3, -0.25) is 4.57 Å². The fourth-order valence-corrected chi connectivity index (χ4v) is 8.65. The maximum atomic E-state index is 6.61. The molecule has 12 aromatic rings. The third-order valence-electron chi connectivity index (χ3n) is 11.1. The Hall–Kier alpha value is -7.30. The lowest BCUT2D eigenvalue weighted by Crippen LogP contribution is -1.92. The van der Waals surface area contributed by atoms with Crippen molar-refractivity contribution in [3.63, 3.8) is 0 Å². The number of hydrogen-bond donors (Lipinski definition) is 0. The molecule has 12 rings (SSSR count). The molecule has 252 valence electrons. The van der Waals surface area contributed by atoms with E-state index in [4.69, 9.17) is 8.83 Å². The lowest BCUT2D eigenvalue weighted by molar-refractivity contribution is 0.645. The van der Waals surface area contributed by atoms with Gasteiger partial charge in [0.05, 0.1) is 21.9 Å². The van der Waals surface area contributed by atoms with E-state index in [0.717, 1.165) is 77.6 Å². The van der Waals surface area contributed by atoms with Gasteiger partial charge >= 0.3 is 0 Å². The maximum absolute atomic E-state index is 6.61. The van der Waals surface area contributed by atoms with E-state index in [1.807, 2.05) is 6.07 Å². The molecule has 0 aliphatic rings. The van der Waals surface area contributed by atoms with Crippen LogP contribution in [0.2, 0.25) is 0 Å². The first-order valence-electron chi connectivity index (χ1n) is 18.3. The molecule has 0 aliphatic carbocycles. The molecule has 0 bridgehead atoms. The number of fused-ring (bicyclic) bond motifs is 11. The van der Waals surface area contributed by atoms with Gasteiger partial charge in [-0.25, -0.2) is 0 Å². The van der Waals surface area contributed by atoms with Crippen molar-refractivity contribution in [1.29, 1.82) is 0 Å². The molecule has 4 aromatic heterocycles. The first kappa shape index (κ1) is 29.3. The Kier molecular flexibility index (Phi) is 6.02. The zero-order valence-corrected chi connectivity index (χ0v) is 29.0. The molecule has 4 nitrogen and oxygen atoms in total. The first-order chi connectivity index (χ1) is 26.8. The fourth-order valence-electron chi connectivity index (χ4n) is 8.65.